The molecule has 0 radical (unpaired) electrons. The van der Waals surface area contributed by atoms with E-state index in [4.69, 9.17) is 0 Å². The van der Waals surface area contributed by atoms with Crippen LogP contribution >= 0.6 is 0 Å². The summed E-state index contributed by atoms with van der Waals surface area (Å²) < 4.78 is 15.9. The summed E-state index contributed by atoms with van der Waals surface area (Å²) in [5.74, 6) is 1.49. The standard InChI is InChI=1S/C10H7FO2/c11-7-4-8-13-10(12)9-5-2-1-3-6-9/h1-3,5-6H,8H2. The zero-order valence-electron chi connectivity index (χ0n) is 6.79. The van der Waals surface area contributed by atoms with Gasteiger partial charge in [-0.1, -0.05) is 18.2 Å². The van der Waals surface area contributed by atoms with Gasteiger partial charge in [-0.3, -0.25) is 0 Å². The molecule has 0 aliphatic heterocycles. The molecule has 0 amide bonds. The Balaban J connectivity index is 2.53. The molecule has 0 spiro atoms. The largest absolute Gasteiger partial charge is 0.449 e. The molecule has 0 saturated carbocycles. The highest BCUT2D eigenvalue weighted by Gasteiger charge is 2.03. The van der Waals surface area contributed by atoms with Crippen LogP contribution in [-0.4, -0.2) is 12.6 Å². The van der Waals surface area contributed by atoms with Gasteiger partial charge in [-0.15, -0.1) is 4.39 Å². The van der Waals surface area contributed by atoms with Crippen LogP contribution in [0.1, 0.15) is 10.4 Å². The lowest BCUT2D eigenvalue weighted by Gasteiger charge is -1.98. The van der Waals surface area contributed by atoms with Gasteiger partial charge in [0.2, 0.25) is 0 Å². The van der Waals surface area contributed by atoms with Crippen molar-refractivity contribution in [1.29, 1.82) is 0 Å². The second-order valence-electron chi connectivity index (χ2n) is 2.21. The summed E-state index contributed by atoms with van der Waals surface area (Å²) >= 11 is 0. The number of ether oxygens (including phenoxy) is 1. The van der Waals surface area contributed by atoms with E-state index in [9.17, 15) is 9.18 Å². The summed E-state index contributed by atoms with van der Waals surface area (Å²) in [7, 11) is 0. The zero-order chi connectivity index (χ0) is 9.52. The number of halogens is 1. The van der Waals surface area contributed by atoms with Gasteiger partial charge in [-0.25, -0.2) is 4.79 Å². The molecule has 2 nitrogen and oxygen atoms in total. The fourth-order valence-corrected chi connectivity index (χ4v) is 0.786. The number of esters is 1. The Morgan fingerprint density at radius 3 is 2.69 bits per heavy atom. The van der Waals surface area contributed by atoms with Crippen molar-refractivity contribution in [3.05, 3.63) is 35.9 Å². The normalized spacial score (nSPS) is 8.38. The van der Waals surface area contributed by atoms with Crippen molar-refractivity contribution in [1.82, 2.24) is 0 Å². The molecular weight excluding hydrogens is 171 g/mol. The number of rotatable bonds is 2. The molecule has 0 bridgehead atoms. The highest BCUT2D eigenvalue weighted by molar-refractivity contribution is 5.89. The minimum atomic E-state index is -0.497. The molecule has 1 aromatic carbocycles. The van der Waals surface area contributed by atoms with Crippen LogP contribution in [0.25, 0.3) is 0 Å². The maximum absolute atomic E-state index is 11.3. The van der Waals surface area contributed by atoms with E-state index in [2.05, 4.69) is 4.74 Å². The molecule has 0 atom stereocenters. The first kappa shape index (κ1) is 9.27. The van der Waals surface area contributed by atoms with Crippen molar-refractivity contribution in [3.8, 4) is 12.1 Å². The smallest absolute Gasteiger partial charge is 0.339 e. The lowest BCUT2D eigenvalue weighted by molar-refractivity contribution is 0.0556. The Morgan fingerprint density at radius 1 is 1.38 bits per heavy atom. The molecule has 0 unspecified atom stereocenters. The van der Waals surface area contributed by atoms with E-state index in [-0.39, 0.29) is 6.61 Å². The SMILES string of the molecule is O=C(OCC#CF)c1ccccc1. The Bertz CT molecular complexity index is 335. The van der Waals surface area contributed by atoms with E-state index >= 15 is 0 Å². The van der Waals surface area contributed by atoms with Crippen LogP contribution in [0.5, 0.6) is 0 Å². The Kier molecular flexibility index (Phi) is 3.52. The molecule has 0 aliphatic rings. The molecule has 1 aromatic rings. The van der Waals surface area contributed by atoms with Gasteiger partial charge in [0.1, 0.15) is 6.17 Å². The van der Waals surface area contributed by atoms with Gasteiger partial charge in [0.05, 0.1) is 5.56 Å². The monoisotopic (exact) mass is 178 g/mol. The lowest BCUT2D eigenvalue weighted by Crippen LogP contribution is -2.04. The summed E-state index contributed by atoms with van der Waals surface area (Å²) in [4.78, 5) is 11.1. The number of carbonyl (C=O) groups is 1. The minimum Gasteiger partial charge on any atom is -0.449 e. The highest BCUT2D eigenvalue weighted by atomic mass is 19.1. The van der Waals surface area contributed by atoms with Crippen LogP contribution in [0.15, 0.2) is 30.3 Å². The van der Waals surface area contributed by atoms with Crippen LogP contribution in [-0.2, 0) is 4.74 Å². The number of hydrogen-bond acceptors (Lipinski definition) is 2. The van der Waals surface area contributed by atoms with Crippen molar-refractivity contribution in [2.75, 3.05) is 6.61 Å². The summed E-state index contributed by atoms with van der Waals surface area (Å²) in [5, 5.41) is 0. The predicted molar refractivity (Wildman–Crippen MR) is 45.6 cm³/mol. The quantitative estimate of drug-likeness (QED) is 0.509. The van der Waals surface area contributed by atoms with E-state index in [0.29, 0.717) is 5.56 Å². The Labute approximate surface area is 75.3 Å². The third-order valence-electron chi connectivity index (χ3n) is 1.35. The van der Waals surface area contributed by atoms with Crippen molar-refractivity contribution in [3.63, 3.8) is 0 Å². The summed E-state index contributed by atoms with van der Waals surface area (Å²) in [6.45, 7) is -0.218. The van der Waals surface area contributed by atoms with Crippen molar-refractivity contribution >= 4 is 5.97 Å². The minimum absolute atomic E-state index is 0.218. The third kappa shape index (κ3) is 2.96. The van der Waals surface area contributed by atoms with Crippen molar-refractivity contribution in [2.45, 2.75) is 0 Å². The van der Waals surface area contributed by atoms with Crippen LogP contribution in [0.4, 0.5) is 4.39 Å². The first-order valence-electron chi connectivity index (χ1n) is 3.65. The fraction of sp³-hybridized carbons (Fsp3) is 0.100. The van der Waals surface area contributed by atoms with E-state index < -0.39 is 5.97 Å². The lowest BCUT2D eigenvalue weighted by atomic mass is 10.2. The first-order valence-corrected chi connectivity index (χ1v) is 3.65. The van der Waals surface area contributed by atoms with Crippen molar-refractivity contribution < 1.29 is 13.9 Å². The zero-order valence-corrected chi connectivity index (χ0v) is 6.79. The maximum atomic E-state index is 11.3. The fourth-order valence-electron chi connectivity index (χ4n) is 0.786. The number of carbonyl (C=O) groups excluding carboxylic acids is 1. The Hall–Kier alpha value is -1.82. The third-order valence-corrected chi connectivity index (χ3v) is 1.35. The number of benzene rings is 1. The summed E-state index contributed by atoms with van der Waals surface area (Å²) in [5.41, 5.74) is 0.433. The van der Waals surface area contributed by atoms with E-state index in [1.54, 1.807) is 30.3 Å². The van der Waals surface area contributed by atoms with E-state index in [0.717, 1.165) is 6.17 Å². The van der Waals surface area contributed by atoms with Crippen LogP contribution in [0, 0.1) is 12.1 Å². The molecule has 0 saturated heterocycles. The molecule has 0 heterocycles. The molecule has 1 rings (SSSR count). The second-order valence-corrected chi connectivity index (χ2v) is 2.21. The van der Waals surface area contributed by atoms with Crippen LogP contribution < -0.4 is 0 Å². The van der Waals surface area contributed by atoms with Gasteiger partial charge in [0, 0.05) is 0 Å². The van der Waals surface area contributed by atoms with Gasteiger partial charge in [0.15, 0.2) is 6.61 Å². The predicted octanol–water partition coefficient (Wildman–Crippen LogP) is 1.77. The Morgan fingerprint density at radius 2 is 2.08 bits per heavy atom. The van der Waals surface area contributed by atoms with Crippen LogP contribution in [0.3, 0.4) is 0 Å². The average molecular weight is 178 g/mol. The topological polar surface area (TPSA) is 26.3 Å². The maximum Gasteiger partial charge on any atom is 0.339 e. The average Bonchev–Trinajstić information content (AvgIpc) is 2.19. The molecule has 0 fully saturated rings. The molecular formula is C10H7FO2. The molecule has 0 N–H and O–H groups in total. The summed E-state index contributed by atoms with van der Waals surface area (Å²) in [6, 6.07) is 8.46. The van der Waals surface area contributed by atoms with Crippen molar-refractivity contribution in [2.24, 2.45) is 0 Å². The molecule has 66 valence electrons. The molecule has 13 heavy (non-hydrogen) atoms. The van der Waals surface area contributed by atoms with Gasteiger partial charge < -0.3 is 4.74 Å². The van der Waals surface area contributed by atoms with Gasteiger partial charge >= 0.3 is 5.97 Å². The molecule has 3 heteroatoms. The van der Waals surface area contributed by atoms with Crippen LogP contribution in [0.2, 0.25) is 0 Å². The highest BCUT2D eigenvalue weighted by Crippen LogP contribution is 2.00. The van der Waals surface area contributed by atoms with Gasteiger partial charge in [-0.05, 0) is 18.1 Å². The van der Waals surface area contributed by atoms with Gasteiger partial charge in [-0.2, -0.15) is 0 Å². The van der Waals surface area contributed by atoms with Gasteiger partial charge in [0.25, 0.3) is 0 Å². The number of hydrogen-bond donors (Lipinski definition) is 0. The first-order chi connectivity index (χ1) is 6.34. The molecule has 0 aromatic heterocycles. The molecule has 0 aliphatic carbocycles. The van der Waals surface area contributed by atoms with E-state index in [1.165, 1.54) is 0 Å². The second kappa shape index (κ2) is 4.94. The summed E-state index contributed by atoms with van der Waals surface area (Å²) in [6.07, 6.45) is 1.15. The van der Waals surface area contributed by atoms with E-state index in [1.807, 2.05) is 5.92 Å².